The van der Waals surface area contributed by atoms with Gasteiger partial charge in [-0.2, -0.15) is 0 Å². The lowest BCUT2D eigenvalue weighted by atomic mass is 10.1. The molecule has 1 aliphatic heterocycles. The van der Waals surface area contributed by atoms with Crippen molar-refractivity contribution in [3.05, 3.63) is 65.5 Å². The highest BCUT2D eigenvalue weighted by Crippen LogP contribution is 2.25. The van der Waals surface area contributed by atoms with Crippen LogP contribution in [0.4, 0.5) is 21.0 Å². The van der Waals surface area contributed by atoms with Gasteiger partial charge in [-0.05, 0) is 58.9 Å². The number of halogens is 1. The molecule has 3 aromatic heterocycles. The lowest BCUT2D eigenvalue weighted by Crippen LogP contribution is -2.55. The Bertz CT molecular complexity index is 1630. The third-order valence-electron chi connectivity index (χ3n) is 6.55. The van der Waals surface area contributed by atoms with Crippen LogP contribution in [0.5, 0.6) is 0 Å². The fraction of sp³-hybridized carbons (Fsp3) is 0.345. The monoisotopic (exact) mass is 573 g/mol. The molecule has 4 aromatic rings. The number of hydrogen-bond acceptors (Lipinski definition) is 10. The van der Waals surface area contributed by atoms with E-state index in [0.29, 0.717) is 54.2 Å². The van der Waals surface area contributed by atoms with Gasteiger partial charge in [-0.3, -0.25) is 10.2 Å². The summed E-state index contributed by atoms with van der Waals surface area (Å²) in [5.74, 6) is -0.385. The molecule has 1 aliphatic rings. The Balaban J connectivity index is 1.20. The van der Waals surface area contributed by atoms with Gasteiger partial charge in [0.25, 0.3) is 5.91 Å². The first-order valence-corrected chi connectivity index (χ1v) is 13.5. The van der Waals surface area contributed by atoms with Crippen molar-refractivity contribution in [1.29, 1.82) is 0 Å². The highest BCUT2D eigenvalue weighted by molar-refractivity contribution is 5.93. The average molecular weight is 574 g/mol. The number of hydrogen-bond donors (Lipinski definition) is 2. The van der Waals surface area contributed by atoms with Gasteiger partial charge in [-0.25, -0.2) is 39.1 Å². The number of carbonyl (C=O) groups excluding carboxylic acids is 2. The van der Waals surface area contributed by atoms with E-state index in [0.717, 1.165) is 17.6 Å². The zero-order chi connectivity index (χ0) is 30.0. The summed E-state index contributed by atoms with van der Waals surface area (Å²) in [6, 6.07) is 8.49. The van der Waals surface area contributed by atoms with Crippen LogP contribution in [0.15, 0.2) is 42.7 Å². The second-order valence-electron chi connectivity index (χ2n) is 10.9. The van der Waals surface area contributed by atoms with Gasteiger partial charge in [0.2, 0.25) is 5.95 Å². The Hall–Kier alpha value is -4.78. The van der Waals surface area contributed by atoms with E-state index in [9.17, 15) is 14.0 Å². The first kappa shape index (κ1) is 28.7. The number of aryl methyl sites for hydroxylation is 2. The summed E-state index contributed by atoms with van der Waals surface area (Å²) in [7, 11) is 0. The third kappa shape index (κ3) is 6.74. The number of fused-ring (bicyclic) bond motifs is 1. The number of rotatable bonds is 5. The molecule has 1 aromatic carbocycles. The SMILES string of the molecule is Cc1nc2ccc(-c3nc(Nc4ccc(C(=O)NN5CCN(C(=O)OC(C)(C)C)CC5)cn4)ncc3F)cc2nc1C. The Labute approximate surface area is 242 Å². The molecule has 0 radical (unpaired) electrons. The van der Waals surface area contributed by atoms with Crippen LogP contribution in [0.2, 0.25) is 0 Å². The van der Waals surface area contributed by atoms with Crippen molar-refractivity contribution in [3.63, 3.8) is 0 Å². The van der Waals surface area contributed by atoms with E-state index in [-0.39, 0.29) is 23.6 Å². The summed E-state index contributed by atoms with van der Waals surface area (Å²) in [5.41, 5.74) is 6.26. The molecule has 1 saturated heterocycles. The number of anilines is 2. The summed E-state index contributed by atoms with van der Waals surface area (Å²) in [6.07, 6.45) is 2.14. The van der Waals surface area contributed by atoms with Crippen LogP contribution in [-0.2, 0) is 4.74 Å². The lowest BCUT2D eigenvalue weighted by Gasteiger charge is -2.35. The van der Waals surface area contributed by atoms with Crippen LogP contribution in [0.25, 0.3) is 22.3 Å². The van der Waals surface area contributed by atoms with Crippen molar-refractivity contribution in [2.24, 2.45) is 0 Å². The minimum atomic E-state index is -0.580. The number of pyridine rings is 1. The molecule has 0 unspecified atom stereocenters. The van der Waals surface area contributed by atoms with Gasteiger partial charge < -0.3 is 15.0 Å². The van der Waals surface area contributed by atoms with Crippen molar-refractivity contribution in [1.82, 2.24) is 40.3 Å². The summed E-state index contributed by atoms with van der Waals surface area (Å²) < 4.78 is 20.1. The topological polar surface area (TPSA) is 138 Å². The molecule has 42 heavy (non-hydrogen) atoms. The number of carbonyl (C=O) groups is 2. The van der Waals surface area contributed by atoms with E-state index in [1.54, 1.807) is 40.2 Å². The highest BCUT2D eigenvalue weighted by Gasteiger charge is 2.26. The van der Waals surface area contributed by atoms with Gasteiger partial charge >= 0.3 is 6.09 Å². The minimum absolute atomic E-state index is 0.109. The molecule has 0 aliphatic carbocycles. The molecular formula is C29H32FN9O3. The second kappa shape index (κ2) is 11.6. The smallest absolute Gasteiger partial charge is 0.410 e. The molecular weight excluding hydrogens is 541 g/mol. The van der Waals surface area contributed by atoms with Crippen LogP contribution in [0.1, 0.15) is 42.5 Å². The molecule has 0 saturated carbocycles. The molecule has 1 fully saturated rings. The van der Waals surface area contributed by atoms with Crippen LogP contribution < -0.4 is 10.7 Å². The van der Waals surface area contributed by atoms with Crippen molar-refractivity contribution in [2.45, 2.75) is 40.2 Å². The fourth-order valence-corrected chi connectivity index (χ4v) is 4.26. The van der Waals surface area contributed by atoms with E-state index in [4.69, 9.17) is 4.74 Å². The molecule has 2 amide bonds. The van der Waals surface area contributed by atoms with Gasteiger partial charge in [-0.1, -0.05) is 6.07 Å². The summed E-state index contributed by atoms with van der Waals surface area (Å²) in [6.45, 7) is 11.0. The summed E-state index contributed by atoms with van der Waals surface area (Å²) >= 11 is 0. The number of benzene rings is 1. The zero-order valence-electron chi connectivity index (χ0n) is 24.1. The maximum absolute atomic E-state index is 14.7. The lowest BCUT2D eigenvalue weighted by molar-refractivity contribution is 0.00975. The average Bonchev–Trinajstić information content (AvgIpc) is 2.94. The van der Waals surface area contributed by atoms with Crippen molar-refractivity contribution < 1.29 is 18.7 Å². The summed E-state index contributed by atoms with van der Waals surface area (Å²) in [4.78, 5) is 48.4. The van der Waals surface area contributed by atoms with Crippen molar-refractivity contribution >= 4 is 34.8 Å². The van der Waals surface area contributed by atoms with E-state index in [2.05, 4.69) is 35.7 Å². The number of hydrazine groups is 1. The first-order chi connectivity index (χ1) is 19.9. The minimum Gasteiger partial charge on any atom is -0.444 e. The number of piperazine rings is 1. The predicted octanol–water partition coefficient (Wildman–Crippen LogP) is 4.18. The molecule has 0 bridgehead atoms. The van der Waals surface area contributed by atoms with Gasteiger partial charge in [0, 0.05) is 37.9 Å². The molecule has 2 N–H and O–H groups in total. The molecule has 0 spiro atoms. The Morgan fingerprint density at radius 3 is 2.29 bits per heavy atom. The molecule has 12 nitrogen and oxygen atoms in total. The van der Waals surface area contributed by atoms with Crippen molar-refractivity contribution in [2.75, 3.05) is 31.5 Å². The fourth-order valence-electron chi connectivity index (χ4n) is 4.26. The van der Waals surface area contributed by atoms with Gasteiger partial charge in [0.15, 0.2) is 5.82 Å². The molecule has 4 heterocycles. The maximum atomic E-state index is 14.7. The Morgan fingerprint density at radius 2 is 1.62 bits per heavy atom. The van der Waals surface area contributed by atoms with Gasteiger partial charge in [0.05, 0.1) is 34.2 Å². The maximum Gasteiger partial charge on any atom is 0.410 e. The second-order valence-corrected chi connectivity index (χ2v) is 10.9. The quantitative estimate of drug-likeness (QED) is 0.358. The number of aromatic nitrogens is 5. The first-order valence-electron chi connectivity index (χ1n) is 13.5. The zero-order valence-corrected chi connectivity index (χ0v) is 24.1. The van der Waals surface area contributed by atoms with E-state index in [1.807, 2.05) is 34.6 Å². The highest BCUT2D eigenvalue weighted by atomic mass is 19.1. The number of nitrogens with one attached hydrogen (secondary N) is 2. The molecule has 218 valence electrons. The third-order valence-corrected chi connectivity index (χ3v) is 6.55. The van der Waals surface area contributed by atoms with Crippen molar-refractivity contribution in [3.8, 4) is 11.3 Å². The predicted molar refractivity (Wildman–Crippen MR) is 154 cm³/mol. The molecule has 13 heteroatoms. The van der Waals surface area contributed by atoms with Gasteiger partial charge in [0.1, 0.15) is 17.1 Å². The van der Waals surface area contributed by atoms with Crippen LogP contribution in [-0.4, -0.2) is 78.6 Å². The van der Waals surface area contributed by atoms with Crippen LogP contribution in [0, 0.1) is 19.7 Å². The standard InChI is InChI=1S/C29H32FN9O3/c1-17-18(2)34-23-14-19(6-8-22(23)33-17)25-21(30)16-32-27(36-25)35-24-9-7-20(15-31-24)26(40)37-39-12-10-38(11-13-39)28(41)42-29(3,4)5/h6-9,14-16H,10-13H2,1-5H3,(H,37,40)(H,31,32,35,36). The Kier molecular flexibility index (Phi) is 7.94. The molecule has 0 atom stereocenters. The van der Waals surface area contributed by atoms with E-state index >= 15 is 0 Å². The normalized spacial score (nSPS) is 14.1. The Morgan fingerprint density at radius 1 is 0.905 bits per heavy atom. The molecule has 5 rings (SSSR count). The van der Waals surface area contributed by atoms with E-state index < -0.39 is 11.4 Å². The van der Waals surface area contributed by atoms with Gasteiger partial charge in [-0.15, -0.1) is 0 Å². The number of nitrogens with zero attached hydrogens (tertiary/aromatic N) is 7. The number of amides is 2. The largest absolute Gasteiger partial charge is 0.444 e. The number of ether oxygens (including phenoxy) is 1. The van der Waals surface area contributed by atoms with Crippen LogP contribution in [0.3, 0.4) is 0 Å². The summed E-state index contributed by atoms with van der Waals surface area (Å²) in [5, 5.41) is 4.71. The van der Waals surface area contributed by atoms with Crippen LogP contribution >= 0.6 is 0 Å². The van der Waals surface area contributed by atoms with E-state index in [1.165, 1.54) is 6.20 Å².